The minimum atomic E-state index is -4.40. The minimum Gasteiger partial charge on any atom is -0.461 e. The molecule has 2 amide bonds. The SMILES string of the molecule is CC(C)C[C@@H](C(=O)N[C@@H](Cc1ccc(S(=O)(=O)O)cc1)C(=O)c1ccco1)C(Cc1ccccc1)C(=O)NO. The second kappa shape index (κ2) is 13.3. The van der Waals surface area contributed by atoms with Gasteiger partial charge >= 0.3 is 0 Å². The molecule has 3 rings (SSSR count). The Kier molecular flexibility index (Phi) is 10.2. The fourth-order valence-corrected chi connectivity index (χ4v) is 4.92. The first-order chi connectivity index (χ1) is 18.5. The normalized spacial score (nSPS) is 13.9. The van der Waals surface area contributed by atoms with Crippen LogP contribution >= 0.6 is 0 Å². The molecule has 0 saturated heterocycles. The van der Waals surface area contributed by atoms with E-state index in [1.165, 1.54) is 42.7 Å². The van der Waals surface area contributed by atoms with Gasteiger partial charge in [0.15, 0.2) is 5.76 Å². The summed E-state index contributed by atoms with van der Waals surface area (Å²) in [5, 5.41) is 12.2. The molecule has 1 heterocycles. The van der Waals surface area contributed by atoms with E-state index in [9.17, 15) is 32.6 Å². The number of hydrogen-bond acceptors (Lipinski definition) is 7. The molecule has 4 N–H and O–H groups in total. The summed E-state index contributed by atoms with van der Waals surface area (Å²) >= 11 is 0. The van der Waals surface area contributed by atoms with Crippen LogP contribution < -0.4 is 10.8 Å². The van der Waals surface area contributed by atoms with E-state index in [1.807, 2.05) is 44.2 Å². The largest absolute Gasteiger partial charge is 0.461 e. The molecular formula is C28H32N2O8S. The number of hydroxylamine groups is 1. The molecule has 11 heteroatoms. The Hall–Kier alpha value is -3.80. The Morgan fingerprint density at radius 1 is 0.846 bits per heavy atom. The Morgan fingerprint density at radius 2 is 1.49 bits per heavy atom. The molecule has 0 aliphatic heterocycles. The van der Waals surface area contributed by atoms with Crippen molar-refractivity contribution in [3.05, 3.63) is 89.9 Å². The third-order valence-corrected chi connectivity index (χ3v) is 7.22. The smallest absolute Gasteiger partial charge is 0.294 e. The van der Waals surface area contributed by atoms with Crippen molar-refractivity contribution >= 4 is 27.7 Å². The molecule has 0 spiro atoms. The Morgan fingerprint density at radius 3 is 2.03 bits per heavy atom. The summed E-state index contributed by atoms with van der Waals surface area (Å²) in [4.78, 5) is 39.5. The molecule has 3 atom stereocenters. The van der Waals surface area contributed by atoms with Gasteiger partial charge in [-0.05, 0) is 54.2 Å². The number of carbonyl (C=O) groups excluding carboxylic acids is 3. The first kappa shape index (κ1) is 29.8. The average Bonchev–Trinajstić information content (AvgIpc) is 3.45. The van der Waals surface area contributed by atoms with Crippen LogP contribution in [0.2, 0.25) is 0 Å². The van der Waals surface area contributed by atoms with Gasteiger partial charge in [-0.2, -0.15) is 8.42 Å². The number of benzene rings is 2. The molecule has 39 heavy (non-hydrogen) atoms. The van der Waals surface area contributed by atoms with Crippen LogP contribution in [0.4, 0.5) is 0 Å². The van der Waals surface area contributed by atoms with Crippen LogP contribution in [0.25, 0.3) is 0 Å². The number of rotatable bonds is 13. The minimum absolute atomic E-state index is 0.0118. The van der Waals surface area contributed by atoms with Gasteiger partial charge < -0.3 is 9.73 Å². The highest BCUT2D eigenvalue weighted by molar-refractivity contribution is 7.85. The summed E-state index contributed by atoms with van der Waals surface area (Å²) in [6, 6.07) is 16.2. The third kappa shape index (κ3) is 8.34. The Balaban J connectivity index is 1.92. The topological polar surface area (TPSA) is 163 Å². The van der Waals surface area contributed by atoms with Crippen LogP contribution in [0, 0.1) is 17.8 Å². The molecule has 1 unspecified atom stereocenters. The van der Waals surface area contributed by atoms with Gasteiger partial charge in [0.25, 0.3) is 10.1 Å². The highest BCUT2D eigenvalue weighted by Crippen LogP contribution is 2.26. The number of Topliss-reactive ketones (excluding diaryl/α,β-unsaturated/α-hetero) is 1. The summed E-state index contributed by atoms with van der Waals surface area (Å²) in [7, 11) is -4.40. The maximum Gasteiger partial charge on any atom is 0.294 e. The Bertz CT molecular complexity index is 1350. The van der Waals surface area contributed by atoms with Gasteiger partial charge in [0.1, 0.15) is 0 Å². The molecule has 0 radical (unpaired) electrons. The van der Waals surface area contributed by atoms with E-state index in [4.69, 9.17) is 4.42 Å². The highest BCUT2D eigenvalue weighted by atomic mass is 32.2. The second-order valence-electron chi connectivity index (χ2n) is 9.73. The van der Waals surface area contributed by atoms with E-state index in [-0.39, 0.29) is 29.4 Å². The molecule has 0 bridgehead atoms. The van der Waals surface area contributed by atoms with Crippen molar-refractivity contribution in [1.29, 1.82) is 0 Å². The van der Waals surface area contributed by atoms with Gasteiger partial charge in [-0.15, -0.1) is 0 Å². The molecule has 1 aromatic heterocycles. The summed E-state index contributed by atoms with van der Waals surface area (Å²) < 4.78 is 37.3. The predicted octanol–water partition coefficient (Wildman–Crippen LogP) is 3.46. The van der Waals surface area contributed by atoms with Crippen molar-refractivity contribution < 1.29 is 37.0 Å². The summed E-state index contributed by atoms with van der Waals surface area (Å²) in [5.74, 6) is -3.55. The second-order valence-corrected chi connectivity index (χ2v) is 11.2. The molecule has 2 aromatic carbocycles. The van der Waals surface area contributed by atoms with Gasteiger partial charge in [0, 0.05) is 6.42 Å². The van der Waals surface area contributed by atoms with E-state index in [2.05, 4.69) is 5.32 Å². The lowest BCUT2D eigenvalue weighted by Crippen LogP contribution is -2.49. The first-order valence-corrected chi connectivity index (χ1v) is 13.9. The number of furan rings is 1. The first-order valence-electron chi connectivity index (χ1n) is 12.4. The molecular weight excluding hydrogens is 524 g/mol. The molecule has 0 saturated carbocycles. The molecule has 0 aliphatic rings. The van der Waals surface area contributed by atoms with E-state index < -0.39 is 45.6 Å². The van der Waals surface area contributed by atoms with E-state index >= 15 is 0 Å². The maximum absolute atomic E-state index is 13.7. The maximum atomic E-state index is 13.7. The summed E-state index contributed by atoms with van der Waals surface area (Å²) in [6.07, 6.45) is 1.81. The lowest BCUT2D eigenvalue weighted by molar-refractivity contribution is -0.141. The summed E-state index contributed by atoms with van der Waals surface area (Å²) in [6.45, 7) is 3.80. The Labute approximate surface area is 227 Å². The van der Waals surface area contributed by atoms with Gasteiger partial charge in [-0.1, -0.05) is 56.3 Å². The van der Waals surface area contributed by atoms with Gasteiger partial charge in [-0.3, -0.25) is 24.1 Å². The van der Waals surface area contributed by atoms with Crippen molar-refractivity contribution in [3.63, 3.8) is 0 Å². The van der Waals surface area contributed by atoms with Crippen LogP contribution in [0.15, 0.2) is 82.3 Å². The van der Waals surface area contributed by atoms with Gasteiger partial charge in [0.05, 0.1) is 29.0 Å². The monoisotopic (exact) mass is 556 g/mol. The van der Waals surface area contributed by atoms with Gasteiger partial charge in [-0.25, -0.2) is 5.48 Å². The van der Waals surface area contributed by atoms with Crippen molar-refractivity contribution in [3.8, 4) is 0 Å². The predicted molar refractivity (Wildman–Crippen MR) is 141 cm³/mol. The molecule has 3 aromatic rings. The van der Waals surface area contributed by atoms with Crippen LogP contribution in [0.1, 0.15) is 41.9 Å². The van der Waals surface area contributed by atoms with E-state index in [0.717, 1.165) is 5.56 Å². The molecule has 208 valence electrons. The zero-order valence-electron chi connectivity index (χ0n) is 21.6. The lowest BCUT2D eigenvalue weighted by atomic mass is 9.80. The van der Waals surface area contributed by atoms with Crippen LogP contribution in [0.3, 0.4) is 0 Å². The number of nitrogens with one attached hydrogen (secondary N) is 2. The average molecular weight is 557 g/mol. The standard InChI is InChI=1S/C28H32N2O8S/c1-18(2)15-22(23(28(33)30-34)16-19-7-4-3-5-8-19)27(32)29-24(26(31)25-9-6-14-38-25)17-20-10-12-21(13-11-20)39(35,36)37/h3-14,18,22-24,34H,15-17H2,1-2H3,(H,29,32)(H,30,33)(H,35,36,37)/t22-,23?,24+/m1/s1. The van der Waals surface area contributed by atoms with Crippen LogP contribution in [-0.2, 0) is 32.5 Å². The number of amides is 2. The molecule has 0 aliphatic carbocycles. The lowest BCUT2D eigenvalue weighted by Gasteiger charge is -2.28. The van der Waals surface area contributed by atoms with Crippen molar-refractivity contribution in [2.45, 2.75) is 44.0 Å². The van der Waals surface area contributed by atoms with Crippen molar-refractivity contribution in [2.75, 3.05) is 0 Å². The fourth-order valence-electron chi connectivity index (χ4n) is 4.44. The van der Waals surface area contributed by atoms with Gasteiger partial charge in [0.2, 0.25) is 17.6 Å². The number of carbonyl (C=O) groups is 3. The highest BCUT2D eigenvalue weighted by Gasteiger charge is 2.36. The number of ketones is 1. The van der Waals surface area contributed by atoms with Crippen LogP contribution in [-0.4, -0.2) is 41.8 Å². The third-order valence-electron chi connectivity index (χ3n) is 6.35. The quantitative estimate of drug-likeness (QED) is 0.108. The van der Waals surface area contributed by atoms with E-state index in [1.54, 1.807) is 5.48 Å². The van der Waals surface area contributed by atoms with E-state index in [0.29, 0.717) is 12.0 Å². The fraction of sp³-hybridized carbons (Fsp3) is 0.321. The zero-order valence-corrected chi connectivity index (χ0v) is 22.4. The molecule has 10 nitrogen and oxygen atoms in total. The summed E-state index contributed by atoms with van der Waals surface area (Å²) in [5.41, 5.74) is 3.00. The number of hydrogen-bond donors (Lipinski definition) is 4. The van der Waals surface area contributed by atoms with Crippen molar-refractivity contribution in [1.82, 2.24) is 10.8 Å². The molecule has 0 fully saturated rings. The zero-order chi connectivity index (χ0) is 28.6. The van der Waals surface area contributed by atoms with Crippen LogP contribution in [0.5, 0.6) is 0 Å². The van der Waals surface area contributed by atoms with Crippen molar-refractivity contribution in [2.24, 2.45) is 17.8 Å².